The number of hydrogen-bond acceptors (Lipinski definition) is 2. The number of nitrogens with two attached hydrogens (primary N) is 1. The fraction of sp³-hybridized carbons (Fsp3) is 1.00. The standard InChI is InChI=1S/C5H12NOP/c6-5-8-4-2-1-3-7-8/h1-6H2. The van der Waals surface area contributed by atoms with Gasteiger partial charge in [-0.05, 0) is 19.0 Å². The summed E-state index contributed by atoms with van der Waals surface area (Å²) in [7, 11) is -0.192. The predicted molar refractivity (Wildman–Crippen MR) is 36.0 cm³/mol. The Bertz CT molecular complexity index is 63.4. The third kappa shape index (κ3) is 1.70. The van der Waals surface area contributed by atoms with Gasteiger partial charge in [0.15, 0.2) is 0 Å². The van der Waals surface area contributed by atoms with E-state index in [1.54, 1.807) is 0 Å². The highest BCUT2D eigenvalue weighted by Gasteiger charge is 2.10. The van der Waals surface area contributed by atoms with Gasteiger partial charge in [0.05, 0.1) is 6.61 Å². The van der Waals surface area contributed by atoms with E-state index in [0.29, 0.717) is 0 Å². The van der Waals surface area contributed by atoms with Gasteiger partial charge in [0, 0.05) is 14.4 Å². The molecule has 3 heteroatoms. The molecule has 0 aliphatic carbocycles. The molecule has 0 aromatic carbocycles. The normalized spacial score (nSPS) is 30.4. The Morgan fingerprint density at radius 2 is 2.38 bits per heavy atom. The van der Waals surface area contributed by atoms with Crippen LogP contribution in [0.15, 0.2) is 0 Å². The second kappa shape index (κ2) is 3.39. The van der Waals surface area contributed by atoms with Gasteiger partial charge in [-0.25, -0.2) is 0 Å². The Labute approximate surface area is 51.2 Å². The zero-order chi connectivity index (χ0) is 5.82. The molecule has 1 saturated heterocycles. The van der Waals surface area contributed by atoms with Crippen molar-refractivity contribution < 1.29 is 4.52 Å². The van der Waals surface area contributed by atoms with E-state index < -0.39 is 0 Å². The summed E-state index contributed by atoms with van der Waals surface area (Å²) in [5.41, 5.74) is 5.41. The van der Waals surface area contributed by atoms with Gasteiger partial charge in [-0.2, -0.15) is 0 Å². The Morgan fingerprint density at radius 1 is 1.50 bits per heavy atom. The Morgan fingerprint density at radius 3 is 2.75 bits per heavy atom. The minimum absolute atomic E-state index is 0.192. The van der Waals surface area contributed by atoms with E-state index in [9.17, 15) is 0 Å². The van der Waals surface area contributed by atoms with Crippen LogP contribution in [0.25, 0.3) is 0 Å². The van der Waals surface area contributed by atoms with Gasteiger partial charge in [0.2, 0.25) is 0 Å². The molecule has 48 valence electrons. The van der Waals surface area contributed by atoms with Gasteiger partial charge in [0.1, 0.15) is 0 Å². The van der Waals surface area contributed by atoms with Gasteiger partial charge in [-0.15, -0.1) is 0 Å². The van der Waals surface area contributed by atoms with Crippen LogP contribution in [0.2, 0.25) is 0 Å². The van der Waals surface area contributed by atoms with Crippen molar-refractivity contribution in [3.05, 3.63) is 0 Å². The van der Waals surface area contributed by atoms with E-state index >= 15 is 0 Å². The van der Waals surface area contributed by atoms with Crippen LogP contribution in [0.3, 0.4) is 0 Å². The quantitative estimate of drug-likeness (QED) is 0.544. The first kappa shape index (κ1) is 6.47. The first-order chi connectivity index (χ1) is 3.93. The third-order valence-electron chi connectivity index (χ3n) is 1.28. The molecule has 1 aliphatic heterocycles. The molecule has 0 radical (unpaired) electrons. The topological polar surface area (TPSA) is 35.2 Å². The first-order valence-electron chi connectivity index (χ1n) is 3.01. The lowest BCUT2D eigenvalue weighted by Crippen LogP contribution is -2.08. The van der Waals surface area contributed by atoms with Crippen LogP contribution in [-0.2, 0) is 4.52 Å². The molecule has 8 heavy (non-hydrogen) atoms. The summed E-state index contributed by atoms with van der Waals surface area (Å²) in [5, 5.41) is 0. The van der Waals surface area contributed by atoms with Gasteiger partial charge in [-0.3, -0.25) is 0 Å². The second-order valence-corrected chi connectivity index (χ2v) is 3.96. The Kier molecular flexibility index (Phi) is 2.74. The van der Waals surface area contributed by atoms with E-state index in [4.69, 9.17) is 10.3 Å². The molecule has 1 aliphatic rings. The highest BCUT2D eigenvalue weighted by Crippen LogP contribution is 2.38. The van der Waals surface area contributed by atoms with Gasteiger partial charge < -0.3 is 10.3 Å². The average molecular weight is 133 g/mol. The summed E-state index contributed by atoms with van der Waals surface area (Å²) < 4.78 is 5.37. The molecule has 0 aromatic heterocycles. The van der Waals surface area contributed by atoms with Crippen LogP contribution < -0.4 is 5.73 Å². The molecule has 1 rings (SSSR count). The molecule has 1 atom stereocenters. The van der Waals surface area contributed by atoms with E-state index in [1.165, 1.54) is 19.0 Å². The van der Waals surface area contributed by atoms with Crippen molar-refractivity contribution in [3.8, 4) is 0 Å². The minimum Gasteiger partial charge on any atom is -0.358 e. The lowest BCUT2D eigenvalue weighted by molar-refractivity contribution is 0.323. The highest BCUT2D eigenvalue weighted by molar-refractivity contribution is 7.52. The maximum atomic E-state index is 5.41. The molecular formula is C5H12NOP. The van der Waals surface area contributed by atoms with Gasteiger partial charge >= 0.3 is 0 Å². The van der Waals surface area contributed by atoms with Crippen molar-refractivity contribution >= 4 is 8.15 Å². The monoisotopic (exact) mass is 133 g/mol. The SMILES string of the molecule is NCP1CCCCO1. The van der Waals surface area contributed by atoms with E-state index in [0.717, 1.165) is 12.9 Å². The average Bonchev–Trinajstić information content (AvgIpc) is 1.90. The number of hydrogen-bond donors (Lipinski definition) is 1. The molecule has 1 unspecified atom stereocenters. The molecule has 1 fully saturated rings. The smallest absolute Gasteiger partial charge is 0.0509 e. The van der Waals surface area contributed by atoms with Crippen molar-refractivity contribution in [1.29, 1.82) is 0 Å². The Balaban J connectivity index is 2.13. The summed E-state index contributed by atoms with van der Waals surface area (Å²) in [4.78, 5) is 0. The number of rotatable bonds is 1. The van der Waals surface area contributed by atoms with Crippen molar-refractivity contribution in [3.63, 3.8) is 0 Å². The lowest BCUT2D eigenvalue weighted by Gasteiger charge is -2.19. The van der Waals surface area contributed by atoms with Crippen LogP contribution in [-0.4, -0.2) is 19.1 Å². The van der Waals surface area contributed by atoms with Crippen LogP contribution in [0.5, 0.6) is 0 Å². The van der Waals surface area contributed by atoms with Gasteiger partial charge in [0.25, 0.3) is 0 Å². The van der Waals surface area contributed by atoms with E-state index in [1.807, 2.05) is 0 Å². The summed E-state index contributed by atoms with van der Waals surface area (Å²) in [6.45, 7) is 0.947. The summed E-state index contributed by atoms with van der Waals surface area (Å²) in [5.74, 6) is 0. The van der Waals surface area contributed by atoms with E-state index in [2.05, 4.69) is 0 Å². The molecule has 0 aromatic rings. The van der Waals surface area contributed by atoms with E-state index in [-0.39, 0.29) is 8.15 Å². The first-order valence-corrected chi connectivity index (χ1v) is 4.64. The summed E-state index contributed by atoms with van der Waals surface area (Å²) in [6, 6.07) is 0. The highest BCUT2D eigenvalue weighted by atomic mass is 31.1. The third-order valence-corrected chi connectivity index (χ3v) is 3.05. The molecule has 0 bridgehead atoms. The molecular weight excluding hydrogens is 121 g/mol. The summed E-state index contributed by atoms with van der Waals surface area (Å²) >= 11 is 0. The predicted octanol–water partition coefficient (Wildman–Crippen LogP) is 1.11. The maximum absolute atomic E-state index is 5.41. The van der Waals surface area contributed by atoms with Crippen molar-refractivity contribution in [2.75, 3.05) is 19.1 Å². The van der Waals surface area contributed by atoms with Gasteiger partial charge in [-0.1, -0.05) is 0 Å². The van der Waals surface area contributed by atoms with Crippen LogP contribution in [0.1, 0.15) is 12.8 Å². The maximum Gasteiger partial charge on any atom is 0.0509 e. The molecule has 1 heterocycles. The fourth-order valence-electron chi connectivity index (χ4n) is 0.792. The molecule has 2 nitrogen and oxygen atoms in total. The Hall–Kier alpha value is 0.350. The lowest BCUT2D eigenvalue weighted by atomic mass is 10.4. The second-order valence-electron chi connectivity index (χ2n) is 1.93. The molecule has 0 spiro atoms. The fourth-order valence-corrected chi connectivity index (χ4v) is 2.17. The molecule has 0 amide bonds. The van der Waals surface area contributed by atoms with Crippen molar-refractivity contribution in [2.24, 2.45) is 5.73 Å². The van der Waals surface area contributed by atoms with Crippen LogP contribution >= 0.6 is 8.15 Å². The van der Waals surface area contributed by atoms with Crippen LogP contribution in [0, 0.1) is 0 Å². The van der Waals surface area contributed by atoms with Crippen LogP contribution in [0.4, 0.5) is 0 Å². The summed E-state index contributed by atoms with van der Waals surface area (Å²) in [6.07, 6.45) is 4.54. The molecule has 0 saturated carbocycles. The zero-order valence-electron chi connectivity index (χ0n) is 4.97. The zero-order valence-corrected chi connectivity index (χ0v) is 5.86. The largest absolute Gasteiger partial charge is 0.358 e. The molecule has 2 N–H and O–H groups in total. The van der Waals surface area contributed by atoms with Crippen molar-refractivity contribution in [1.82, 2.24) is 0 Å². The minimum atomic E-state index is -0.192. The van der Waals surface area contributed by atoms with Crippen molar-refractivity contribution in [2.45, 2.75) is 12.8 Å².